The Hall–Kier alpha value is -2.21. The van der Waals surface area contributed by atoms with E-state index in [1.807, 2.05) is 6.07 Å². The highest BCUT2D eigenvalue weighted by molar-refractivity contribution is 5.76. The molecule has 0 spiro atoms. The molecule has 1 aliphatic heterocycles. The Morgan fingerprint density at radius 2 is 2.21 bits per heavy atom. The van der Waals surface area contributed by atoms with Gasteiger partial charge >= 0.3 is 5.97 Å². The van der Waals surface area contributed by atoms with E-state index in [2.05, 4.69) is 10.1 Å². The molecule has 0 bridgehead atoms. The molecule has 126 valence electrons. The molecule has 0 radical (unpaired) electrons. The molecule has 1 saturated carbocycles. The summed E-state index contributed by atoms with van der Waals surface area (Å²) in [5.74, 6) is -0.0218. The molecular weight excluding hydrogens is 311 g/mol. The van der Waals surface area contributed by atoms with Gasteiger partial charge in [-0.25, -0.2) is 4.39 Å². The minimum atomic E-state index is -0.669. The van der Waals surface area contributed by atoms with Gasteiger partial charge in [0.1, 0.15) is 11.5 Å². The molecule has 1 N–H and O–H groups in total. The maximum Gasteiger partial charge on any atom is 0.311 e. The molecule has 5 nitrogen and oxygen atoms in total. The molecule has 2 aliphatic rings. The number of aromatic nitrogens is 1. The number of aliphatic carboxylic acids is 1. The first-order valence-corrected chi connectivity index (χ1v) is 8.24. The van der Waals surface area contributed by atoms with Crippen LogP contribution < -0.4 is 0 Å². The number of fused-ring (bicyclic) bond motifs is 1. The molecule has 2 atom stereocenters. The third-order valence-electron chi connectivity index (χ3n) is 5.45. The third kappa shape index (κ3) is 2.51. The zero-order valence-electron chi connectivity index (χ0n) is 13.2. The lowest BCUT2D eigenvalue weighted by atomic mass is 9.81. The van der Waals surface area contributed by atoms with Crippen molar-refractivity contribution >= 4 is 5.97 Å². The van der Waals surface area contributed by atoms with Crippen LogP contribution in [-0.2, 0) is 11.3 Å². The number of carboxylic acids is 1. The minimum Gasteiger partial charge on any atom is -0.481 e. The lowest BCUT2D eigenvalue weighted by Crippen LogP contribution is -2.35. The average molecular weight is 330 g/mol. The van der Waals surface area contributed by atoms with Crippen molar-refractivity contribution < 1.29 is 18.8 Å². The van der Waals surface area contributed by atoms with E-state index in [9.17, 15) is 14.3 Å². The lowest BCUT2D eigenvalue weighted by molar-refractivity contribution is -0.149. The summed E-state index contributed by atoms with van der Waals surface area (Å²) in [6, 6.07) is 7.95. The van der Waals surface area contributed by atoms with E-state index in [0.717, 1.165) is 31.4 Å². The SMILES string of the molecule is O=C(O)[C@@]12CCC[C@H]1CN(Cc1cc(-c3ccc(F)cc3)no1)C2. The van der Waals surface area contributed by atoms with Gasteiger partial charge in [-0.2, -0.15) is 0 Å². The minimum absolute atomic E-state index is 0.231. The normalized spacial score (nSPS) is 26.6. The van der Waals surface area contributed by atoms with E-state index in [0.29, 0.717) is 24.5 Å². The highest BCUT2D eigenvalue weighted by atomic mass is 19.1. The summed E-state index contributed by atoms with van der Waals surface area (Å²) in [7, 11) is 0. The molecule has 1 aromatic carbocycles. The first-order valence-electron chi connectivity index (χ1n) is 8.24. The monoisotopic (exact) mass is 330 g/mol. The van der Waals surface area contributed by atoms with Gasteiger partial charge in [0.2, 0.25) is 0 Å². The van der Waals surface area contributed by atoms with E-state index in [-0.39, 0.29) is 11.7 Å². The van der Waals surface area contributed by atoms with E-state index >= 15 is 0 Å². The van der Waals surface area contributed by atoms with Gasteiger partial charge in [0.25, 0.3) is 0 Å². The second-order valence-corrected chi connectivity index (χ2v) is 6.91. The molecular formula is C18H19FN2O3. The predicted molar refractivity (Wildman–Crippen MR) is 84.6 cm³/mol. The van der Waals surface area contributed by atoms with Crippen LogP contribution in [0.5, 0.6) is 0 Å². The summed E-state index contributed by atoms with van der Waals surface area (Å²) in [5.41, 5.74) is 0.879. The van der Waals surface area contributed by atoms with Crippen LogP contribution in [0.1, 0.15) is 25.0 Å². The number of carbonyl (C=O) groups is 1. The second-order valence-electron chi connectivity index (χ2n) is 6.91. The molecule has 4 rings (SSSR count). The van der Waals surface area contributed by atoms with Crippen LogP contribution in [0.4, 0.5) is 4.39 Å². The Morgan fingerprint density at radius 1 is 1.42 bits per heavy atom. The standard InChI is InChI=1S/C18H19FN2O3/c19-14-5-3-12(4-6-14)16-8-15(24-20-16)10-21-9-13-2-1-7-18(13,11-21)17(22)23/h3-6,8,13H,1-2,7,9-11H2,(H,22,23)/t13-,18+/m0/s1. The molecule has 2 heterocycles. The molecule has 1 aliphatic carbocycles. The van der Waals surface area contributed by atoms with Crippen LogP contribution >= 0.6 is 0 Å². The summed E-state index contributed by atoms with van der Waals surface area (Å²) in [6.07, 6.45) is 2.75. The lowest BCUT2D eigenvalue weighted by Gasteiger charge is -2.23. The average Bonchev–Trinajstić information content (AvgIpc) is 3.22. The Balaban J connectivity index is 1.47. The van der Waals surface area contributed by atoms with E-state index < -0.39 is 11.4 Å². The van der Waals surface area contributed by atoms with Crippen LogP contribution in [0.25, 0.3) is 11.3 Å². The van der Waals surface area contributed by atoms with Crippen LogP contribution in [0, 0.1) is 17.2 Å². The Kier molecular flexibility index (Phi) is 3.64. The van der Waals surface area contributed by atoms with Gasteiger partial charge in [-0.1, -0.05) is 11.6 Å². The number of halogens is 1. The second kappa shape index (κ2) is 5.70. The Bertz CT molecular complexity index is 758. The number of rotatable bonds is 4. The highest BCUT2D eigenvalue weighted by Gasteiger charge is 2.54. The van der Waals surface area contributed by atoms with Gasteiger partial charge < -0.3 is 9.63 Å². The molecule has 1 saturated heterocycles. The molecule has 24 heavy (non-hydrogen) atoms. The number of hydrogen-bond donors (Lipinski definition) is 1. The van der Waals surface area contributed by atoms with Gasteiger partial charge in [-0.15, -0.1) is 0 Å². The van der Waals surface area contributed by atoms with Crippen molar-refractivity contribution in [1.29, 1.82) is 0 Å². The summed E-state index contributed by atoms with van der Waals surface area (Å²) in [6.45, 7) is 1.91. The molecule has 2 fully saturated rings. The predicted octanol–water partition coefficient (Wildman–Crippen LogP) is 3.17. The fourth-order valence-corrected chi connectivity index (χ4v) is 4.23. The van der Waals surface area contributed by atoms with Crippen molar-refractivity contribution in [2.45, 2.75) is 25.8 Å². The maximum absolute atomic E-state index is 13.0. The number of benzene rings is 1. The molecule has 2 aromatic rings. The van der Waals surface area contributed by atoms with Crippen LogP contribution in [-0.4, -0.2) is 34.2 Å². The summed E-state index contributed by atoms with van der Waals surface area (Å²) < 4.78 is 18.4. The van der Waals surface area contributed by atoms with E-state index in [1.165, 1.54) is 12.1 Å². The molecule has 6 heteroatoms. The number of likely N-dealkylation sites (tertiary alicyclic amines) is 1. The number of nitrogens with zero attached hydrogens (tertiary/aromatic N) is 2. The van der Waals surface area contributed by atoms with Gasteiger partial charge in [0, 0.05) is 24.7 Å². The van der Waals surface area contributed by atoms with E-state index in [4.69, 9.17) is 4.52 Å². The first kappa shape index (κ1) is 15.3. The molecule has 1 aromatic heterocycles. The molecule has 0 amide bonds. The topological polar surface area (TPSA) is 66.6 Å². The van der Waals surface area contributed by atoms with Gasteiger partial charge in [0.15, 0.2) is 5.76 Å². The fourth-order valence-electron chi connectivity index (χ4n) is 4.23. The Morgan fingerprint density at radius 3 is 2.92 bits per heavy atom. The first-order chi connectivity index (χ1) is 11.6. The van der Waals surface area contributed by atoms with Crippen molar-refractivity contribution in [3.8, 4) is 11.3 Å². The largest absolute Gasteiger partial charge is 0.481 e. The third-order valence-corrected chi connectivity index (χ3v) is 5.45. The fraction of sp³-hybridized carbons (Fsp3) is 0.444. The smallest absolute Gasteiger partial charge is 0.311 e. The molecule has 0 unspecified atom stereocenters. The van der Waals surface area contributed by atoms with Crippen LogP contribution in [0.3, 0.4) is 0 Å². The maximum atomic E-state index is 13.0. The van der Waals surface area contributed by atoms with E-state index in [1.54, 1.807) is 12.1 Å². The van der Waals surface area contributed by atoms with Crippen molar-refractivity contribution in [2.24, 2.45) is 11.3 Å². The van der Waals surface area contributed by atoms with Gasteiger partial charge in [0.05, 0.1) is 12.0 Å². The summed E-state index contributed by atoms with van der Waals surface area (Å²) in [4.78, 5) is 13.9. The highest BCUT2D eigenvalue weighted by Crippen LogP contribution is 2.49. The quantitative estimate of drug-likeness (QED) is 0.933. The van der Waals surface area contributed by atoms with Crippen LogP contribution in [0.2, 0.25) is 0 Å². The van der Waals surface area contributed by atoms with Crippen molar-refractivity contribution in [2.75, 3.05) is 13.1 Å². The van der Waals surface area contributed by atoms with Crippen LogP contribution in [0.15, 0.2) is 34.9 Å². The summed E-state index contributed by atoms with van der Waals surface area (Å²) >= 11 is 0. The van der Waals surface area contributed by atoms with Gasteiger partial charge in [-0.3, -0.25) is 9.69 Å². The van der Waals surface area contributed by atoms with Gasteiger partial charge in [-0.05, 0) is 43.0 Å². The number of hydrogen-bond acceptors (Lipinski definition) is 4. The Labute approximate surface area is 139 Å². The summed E-state index contributed by atoms with van der Waals surface area (Å²) in [5, 5.41) is 13.7. The van der Waals surface area contributed by atoms with Crippen molar-refractivity contribution in [3.63, 3.8) is 0 Å². The van der Waals surface area contributed by atoms with Crippen molar-refractivity contribution in [1.82, 2.24) is 10.1 Å². The number of carboxylic acid groups (broad SMARTS) is 1. The zero-order valence-corrected chi connectivity index (χ0v) is 13.2. The zero-order chi connectivity index (χ0) is 16.7. The van der Waals surface area contributed by atoms with Crippen molar-refractivity contribution in [3.05, 3.63) is 41.9 Å².